The van der Waals surface area contributed by atoms with E-state index in [0.29, 0.717) is 13.1 Å². The molecule has 0 aliphatic heterocycles. The molecule has 1 aromatic rings. The van der Waals surface area contributed by atoms with Crippen molar-refractivity contribution in [3.8, 4) is 6.07 Å². The molecule has 0 amide bonds. The minimum absolute atomic E-state index is 0.0822. The molecule has 0 saturated heterocycles. The number of rotatable bonds is 5. The first-order valence-electron chi connectivity index (χ1n) is 5.06. The topological polar surface area (TPSA) is 47.3 Å². The van der Waals surface area contributed by atoms with Crippen LogP contribution in [0.3, 0.4) is 0 Å². The molecular formula is C12H16N2O. The lowest BCUT2D eigenvalue weighted by Crippen LogP contribution is -2.33. The Labute approximate surface area is 90.6 Å². The number of aliphatic hydroxyl groups excluding tert-OH is 1. The summed E-state index contributed by atoms with van der Waals surface area (Å²) in [6.45, 7) is 3.16. The summed E-state index contributed by atoms with van der Waals surface area (Å²) in [4.78, 5) is 1.95. The Morgan fingerprint density at radius 3 is 2.60 bits per heavy atom. The Morgan fingerprint density at radius 2 is 2.07 bits per heavy atom. The molecule has 1 atom stereocenters. The van der Waals surface area contributed by atoms with Gasteiger partial charge in [0.15, 0.2) is 0 Å². The van der Waals surface area contributed by atoms with Crippen LogP contribution in [0.5, 0.6) is 0 Å². The van der Waals surface area contributed by atoms with Gasteiger partial charge in [0.05, 0.1) is 18.7 Å². The van der Waals surface area contributed by atoms with E-state index in [4.69, 9.17) is 10.4 Å². The molecule has 0 heterocycles. The molecule has 80 valence electrons. The summed E-state index contributed by atoms with van der Waals surface area (Å²) >= 11 is 0. The van der Waals surface area contributed by atoms with Crippen LogP contribution in [0.2, 0.25) is 0 Å². The van der Waals surface area contributed by atoms with Crippen molar-refractivity contribution in [2.45, 2.75) is 19.5 Å². The van der Waals surface area contributed by atoms with Gasteiger partial charge in [-0.1, -0.05) is 30.3 Å². The molecule has 1 aromatic carbocycles. The number of hydrogen-bond acceptors (Lipinski definition) is 3. The Kier molecular flexibility index (Phi) is 4.82. The number of nitriles is 1. The van der Waals surface area contributed by atoms with Crippen LogP contribution in [0.1, 0.15) is 12.5 Å². The van der Waals surface area contributed by atoms with Crippen molar-refractivity contribution in [2.75, 3.05) is 13.2 Å². The maximum Gasteiger partial charge on any atom is 0.0953 e. The monoisotopic (exact) mass is 204 g/mol. The summed E-state index contributed by atoms with van der Waals surface area (Å²) in [5.74, 6) is 0. The van der Waals surface area contributed by atoms with E-state index in [1.165, 1.54) is 0 Å². The molecular weight excluding hydrogens is 188 g/mol. The molecule has 1 N–H and O–H groups in total. The summed E-state index contributed by atoms with van der Waals surface area (Å²) in [7, 11) is 0. The molecule has 3 nitrogen and oxygen atoms in total. The van der Waals surface area contributed by atoms with E-state index >= 15 is 0 Å². The highest BCUT2D eigenvalue weighted by molar-refractivity contribution is 5.14. The van der Waals surface area contributed by atoms with Crippen LogP contribution in [0, 0.1) is 11.3 Å². The maximum atomic E-state index is 8.91. The van der Waals surface area contributed by atoms with Crippen LogP contribution in [-0.2, 0) is 6.54 Å². The molecule has 1 rings (SSSR count). The normalized spacial score (nSPS) is 12.4. The van der Waals surface area contributed by atoms with Crippen molar-refractivity contribution in [3.63, 3.8) is 0 Å². The Balaban J connectivity index is 2.63. The molecule has 0 aliphatic rings. The van der Waals surface area contributed by atoms with E-state index < -0.39 is 0 Å². The predicted octanol–water partition coefficient (Wildman–Crippen LogP) is 1.39. The molecule has 3 heteroatoms. The van der Waals surface area contributed by atoms with Crippen molar-refractivity contribution in [2.24, 2.45) is 0 Å². The molecule has 0 bridgehead atoms. The number of nitrogens with zero attached hydrogens (tertiary/aromatic N) is 2. The van der Waals surface area contributed by atoms with Gasteiger partial charge in [0.25, 0.3) is 0 Å². The molecule has 15 heavy (non-hydrogen) atoms. The zero-order valence-electron chi connectivity index (χ0n) is 8.93. The van der Waals surface area contributed by atoms with Gasteiger partial charge in [0, 0.05) is 13.1 Å². The first-order chi connectivity index (χ1) is 7.27. The molecule has 0 saturated carbocycles. The summed E-state index contributed by atoms with van der Waals surface area (Å²) in [5, 5.41) is 17.7. The van der Waals surface area contributed by atoms with Crippen molar-refractivity contribution in [3.05, 3.63) is 35.9 Å². The van der Waals surface area contributed by atoms with Crippen LogP contribution in [0.15, 0.2) is 30.3 Å². The van der Waals surface area contributed by atoms with E-state index in [-0.39, 0.29) is 12.6 Å². The smallest absolute Gasteiger partial charge is 0.0953 e. The fraction of sp³-hybridized carbons (Fsp3) is 0.417. The van der Waals surface area contributed by atoms with Gasteiger partial charge in [-0.25, -0.2) is 0 Å². The highest BCUT2D eigenvalue weighted by atomic mass is 16.3. The first kappa shape index (κ1) is 11.7. The third-order valence-electron chi connectivity index (χ3n) is 2.35. The molecule has 0 aliphatic carbocycles. The number of hydrogen-bond donors (Lipinski definition) is 1. The second-order valence-corrected chi connectivity index (χ2v) is 3.48. The van der Waals surface area contributed by atoms with Crippen molar-refractivity contribution in [1.82, 2.24) is 4.90 Å². The number of benzene rings is 1. The van der Waals surface area contributed by atoms with Gasteiger partial charge < -0.3 is 5.11 Å². The summed E-state index contributed by atoms with van der Waals surface area (Å²) in [6.07, 6.45) is 0. The third kappa shape index (κ3) is 3.70. The lowest BCUT2D eigenvalue weighted by Gasteiger charge is -2.23. The van der Waals surface area contributed by atoms with Crippen LogP contribution >= 0.6 is 0 Å². The van der Waals surface area contributed by atoms with E-state index in [1.807, 2.05) is 42.2 Å². The van der Waals surface area contributed by atoms with E-state index in [9.17, 15) is 0 Å². The number of aliphatic hydroxyl groups is 1. The van der Waals surface area contributed by atoms with Gasteiger partial charge in [-0.2, -0.15) is 5.26 Å². The average Bonchev–Trinajstić information content (AvgIpc) is 2.29. The minimum atomic E-state index is -0.169. The third-order valence-corrected chi connectivity index (χ3v) is 2.35. The fourth-order valence-electron chi connectivity index (χ4n) is 1.44. The van der Waals surface area contributed by atoms with Crippen molar-refractivity contribution < 1.29 is 5.11 Å². The predicted molar refractivity (Wildman–Crippen MR) is 59.0 cm³/mol. The zero-order valence-corrected chi connectivity index (χ0v) is 8.93. The highest BCUT2D eigenvalue weighted by Gasteiger charge is 2.12. The highest BCUT2D eigenvalue weighted by Crippen LogP contribution is 2.07. The van der Waals surface area contributed by atoms with Crippen LogP contribution in [0.25, 0.3) is 0 Å². The van der Waals surface area contributed by atoms with Gasteiger partial charge in [0.2, 0.25) is 0 Å². The molecule has 1 unspecified atom stereocenters. The molecule has 0 aromatic heterocycles. The quantitative estimate of drug-likeness (QED) is 0.788. The lowest BCUT2D eigenvalue weighted by atomic mass is 10.2. The van der Waals surface area contributed by atoms with Gasteiger partial charge in [-0.05, 0) is 12.5 Å². The largest absolute Gasteiger partial charge is 0.395 e. The van der Waals surface area contributed by atoms with Gasteiger partial charge in [-0.3, -0.25) is 4.90 Å². The Hall–Kier alpha value is -1.37. The van der Waals surface area contributed by atoms with Crippen LogP contribution < -0.4 is 0 Å². The van der Waals surface area contributed by atoms with Crippen LogP contribution in [0.4, 0.5) is 0 Å². The second-order valence-electron chi connectivity index (χ2n) is 3.48. The summed E-state index contributed by atoms with van der Waals surface area (Å²) in [5.41, 5.74) is 1.16. The van der Waals surface area contributed by atoms with Gasteiger partial charge in [-0.15, -0.1) is 0 Å². The Bertz CT molecular complexity index is 318. The average molecular weight is 204 g/mol. The van der Waals surface area contributed by atoms with E-state index in [2.05, 4.69) is 6.07 Å². The van der Waals surface area contributed by atoms with Crippen LogP contribution in [-0.4, -0.2) is 29.2 Å². The maximum absolute atomic E-state index is 8.91. The standard InChI is InChI=1S/C12H16N2O/c1-11(9-13)14(7-8-15)10-12-5-3-2-4-6-12/h2-6,11,15H,7-8,10H2,1H3. The summed E-state index contributed by atoms with van der Waals surface area (Å²) < 4.78 is 0. The summed E-state index contributed by atoms with van der Waals surface area (Å²) in [6, 6.07) is 12.0. The van der Waals surface area contributed by atoms with E-state index in [0.717, 1.165) is 5.56 Å². The van der Waals surface area contributed by atoms with Gasteiger partial charge >= 0.3 is 0 Å². The molecule has 0 fully saturated rings. The lowest BCUT2D eigenvalue weighted by molar-refractivity contribution is 0.173. The van der Waals surface area contributed by atoms with Gasteiger partial charge in [0.1, 0.15) is 0 Å². The van der Waals surface area contributed by atoms with Crippen molar-refractivity contribution in [1.29, 1.82) is 5.26 Å². The van der Waals surface area contributed by atoms with Crippen molar-refractivity contribution >= 4 is 0 Å². The molecule has 0 radical (unpaired) electrons. The molecule has 0 spiro atoms. The minimum Gasteiger partial charge on any atom is -0.395 e. The van der Waals surface area contributed by atoms with E-state index in [1.54, 1.807) is 0 Å². The second kappa shape index (κ2) is 6.18. The Morgan fingerprint density at radius 1 is 1.40 bits per heavy atom. The zero-order chi connectivity index (χ0) is 11.1. The SMILES string of the molecule is CC(C#N)N(CCO)Cc1ccccc1. The first-order valence-corrected chi connectivity index (χ1v) is 5.06. The fourth-order valence-corrected chi connectivity index (χ4v) is 1.44.